The third-order valence-corrected chi connectivity index (χ3v) is 3.10. The Kier molecular flexibility index (Phi) is 2.88. The van der Waals surface area contributed by atoms with Crippen LogP contribution in [0.5, 0.6) is 5.75 Å². The lowest BCUT2D eigenvalue weighted by atomic mass is 10.1. The molecule has 0 bridgehead atoms. The minimum absolute atomic E-state index is 0.283. The molecule has 3 rings (SSSR count). The number of hydrogen-bond donors (Lipinski definition) is 1. The summed E-state index contributed by atoms with van der Waals surface area (Å²) in [5, 5.41) is 4.47. The molecular weight excluding hydrogens is 252 g/mol. The van der Waals surface area contributed by atoms with Crippen LogP contribution in [0, 0.1) is 5.92 Å². The van der Waals surface area contributed by atoms with Gasteiger partial charge in [0.05, 0.1) is 6.61 Å². The van der Waals surface area contributed by atoms with Gasteiger partial charge in [0.2, 0.25) is 5.88 Å². The van der Waals surface area contributed by atoms with Crippen molar-refractivity contribution in [1.29, 1.82) is 0 Å². The zero-order chi connectivity index (χ0) is 12.5. The third kappa shape index (κ3) is 2.59. The molecule has 0 atom stereocenters. The summed E-state index contributed by atoms with van der Waals surface area (Å²) in [7, 11) is 0. The van der Waals surface area contributed by atoms with Crippen molar-refractivity contribution in [1.82, 2.24) is 5.16 Å². The van der Waals surface area contributed by atoms with Crippen LogP contribution in [-0.2, 0) is 0 Å². The highest BCUT2D eigenvalue weighted by atomic mass is 35.5. The second-order valence-corrected chi connectivity index (χ2v) is 4.98. The van der Waals surface area contributed by atoms with E-state index in [-0.39, 0.29) is 5.88 Å². The summed E-state index contributed by atoms with van der Waals surface area (Å²) in [4.78, 5) is 0. The summed E-state index contributed by atoms with van der Waals surface area (Å²) in [5.74, 6) is 1.74. The smallest absolute Gasteiger partial charge is 0.222 e. The number of rotatable bonds is 4. The first kappa shape index (κ1) is 11.4. The molecule has 0 aliphatic heterocycles. The monoisotopic (exact) mass is 264 g/mol. The van der Waals surface area contributed by atoms with E-state index in [0.717, 1.165) is 17.9 Å². The van der Waals surface area contributed by atoms with Crippen LogP contribution in [0.3, 0.4) is 0 Å². The van der Waals surface area contributed by atoms with Gasteiger partial charge in [0.25, 0.3) is 0 Å². The SMILES string of the molecule is Nc1cc(-c2cc(Cl)cc(OCC3CC3)c2)no1. The van der Waals surface area contributed by atoms with Crippen molar-refractivity contribution in [2.24, 2.45) is 5.92 Å². The molecule has 0 spiro atoms. The van der Waals surface area contributed by atoms with E-state index < -0.39 is 0 Å². The van der Waals surface area contributed by atoms with Crippen LogP contribution in [0.25, 0.3) is 11.3 Å². The topological polar surface area (TPSA) is 61.3 Å². The molecule has 1 aliphatic carbocycles. The summed E-state index contributed by atoms with van der Waals surface area (Å²) in [6.07, 6.45) is 2.51. The number of aromatic nitrogens is 1. The fraction of sp³-hybridized carbons (Fsp3) is 0.308. The van der Waals surface area contributed by atoms with Gasteiger partial charge in [-0.3, -0.25) is 0 Å². The van der Waals surface area contributed by atoms with E-state index in [9.17, 15) is 0 Å². The molecular formula is C13H13ClN2O2. The zero-order valence-corrected chi connectivity index (χ0v) is 10.5. The van der Waals surface area contributed by atoms with E-state index >= 15 is 0 Å². The van der Waals surface area contributed by atoms with E-state index in [2.05, 4.69) is 5.16 Å². The predicted molar refractivity (Wildman–Crippen MR) is 69.6 cm³/mol. The molecule has 1 heterocycles. The van der Waals surface area contributed by atoms with Gasteiger partial charge in [0, 0.05) is 16.7 Å². The van der Waals surface area contributed by atoms with Crippen molar-refractivity contribution >= 4 is 17.5 Å². The summed E-state index contributed by atoms with van der Waals surface area (Å²) < 4.78 is 10.6. The van der Waals surface area contributed by atoms with Crippen LogP contribution in [0.1, 0.15) is 12.8 Å². The number of nitrogens with zero attached hydrogens (tertiary/aromatic N) is 1. The fourth-order valence-electron chi connectivity index (χ4n) is 1.72. The molecule has 0 radical (unpaired) electrons. The molecule has 1 aromatic carbocycles. The highest BCUT2D eigenvalue weighted by Gasteiger charge is 2.22. The average molecular weight is 265 g/mol. The molecule has 94 valence electrons. The van der Waals surface area contributed by atoms with Crippen molar-refractivity contribution < 1.29 is 9.26 Å². The maximum absolute atomic E-state index is 6.07. The van der Waals surface area contributed by atoms with Crippen LogP contribution in [0.2, 0.25) is 5.02 Å². The number of ether oxygens (including phenoxy) is 1. The van der Waals surface area contributed by atoms with E-state index in [0.29, 0.717) is 16.6 Å². The van der Waals surface area contributed by atoms with E-state index in [1.165, 1.54) is 12.8 Å². The van der Waals surface area contributed by atoms with Crippen molar-refractivity contribution in [2.75, 3.05) is 12.3 Å². The van der Waals surface area contributed by atoms with Crippen LogP contribution < -0.4 is 10.5 Å². The van der Waals surface area contributed by atoms with Crippen LogP contribution in [0.15, 0.2) is 28.8 Å². The van der Waals surface area contributed by atoms with Crippen LogP contribution in [0.4, 0.5) is 5.88 Å². The van der Waals surface area contributed by atoms with Gasteiger partial charge in [-0.05, 0) is 37.0 Å². The minimum atomic E-state index is 0.283. The van der Waals surface area contributed by atoms with Gasteiger partial charge in [-0.15, -0.1) is 0 Å². The van der Waals surface area contributed by atoms with Gasteiger partial charge < -0.3 is 15.0 Å². The largest absolute Gasteiger partial charge is 0.493 e. The van der Waals surface area contributed by atoms with E-state index in [1.807, 2.05) is 12.1 Å². The van der Waals surface area contributed by atoms with Crippen molar-refractivity contribution in [2.45, 2.75) is 12.8 Å². The maximum atomic E-state index is 6.07. The molecule has 2 aromatic rings. The normalized spacial score (nSPS) is 14.7. The Balaban J connectivity index is 1.84. The fourth-order valence-corrected chi connectivity index (χ4v) is 1.94. The Hall–Kier alpha value is -1.68. The van der Waals surface area contributed by atoms with Crippen molar-refractivity contribution in [3.63, 3.8) is 0 Å². The van der Waals surface area contributed by atoms with Gasteiger partial charge in [0.1, 0.15) is 11.4 Å². The van der Waals surface area contributed by atoms with E-state index in [4.69, 9.17) is 26.6 Å². The summed E-state index contributed by atoms with van der Waals surface area (Å²) in [5.41, 5.74) is 7.01. The highest BCUT2D eigenvalue weighted by Crippen LogP contribution is 2.32. The first-order valence-electron chi connectivity index (χ1n) is 5.86. The summed E-state index contributed by atoms with van der Waals surface area (Å²) in [6, 6.07) is 7.17. The number of benzene rings is 1. The first-order chi connectivity index (χ1) is 8.70. The van der Waals surface area contributed by atoms with Gasteiger partial charge in [0.15, 0.2) is 0 Å². The third-order valence-electron chi connectivity index (χ3n) is 2.88. The quantitative estimate of drug-likeness (QED) is 0.920. The molecule has 1 aromatic heterocycles. The molecule has 1 fully saturated rings. The number of nitrogen functional groups attached to an aromatic ring is 1. The summed E-state index contributed by atoms with van der Waals surface area (Å²) in [6.45, 7) is 0.751. The second kappa shape index (κ2) is 4.53. The van der Waals surface area contributed by atoms with Gasteiger partial charge in [-0.1, -0.05) is 16.8 Å². The molecule has 1 aliphatic rings. The Morgan fingerprint density at radius 3 is 2.83 bits per heavy atom. The minimum Gasteiger partial charge on any atom is -0.493 e. The standard InChI is InChI=1S/C13H13ClN2O2/c14-10-3-9(12-6-13(15)18-16-12)4-11(5-10)17-7-8-1-2-8/h3-6,8H,1-2,7,15H2. The average Bonchev–Trinajstić information content (AvgIpc) is 3.07. The van der Waals surface area contributed by atoms with Gasteiger partial charge in [-0.2, -0.15) is 0 Å². The Labute approximate surface area is 110 Å². The summed E-state index contributed by atoms with van der Waals surface area (Å²) >= 11 is 6.07. The molecule has 0 saturated heterocycles. The van der Waals surface area contributed by atoms with Crippen LogP contribution in [-0.4, -0.2) is 11.8 Å². The number of hydrogen-bond acceptors (Lipinski definition) is 4. The molecule has 5 heteroatoms. The zero-order valence-electron chi connectivity index (χ0n) is 9.73. The van der Waals surface area contributed by atoms with E-state index in [1.54, 1.807) is 12.1 Å². The molecule has 0 unspecified atom stereocenters. The Morgan fingerprint density at radius 1 is 1.33 bits per heavy atom. The highest BCUT2D eigenvalue weighted by molar-refractivity contribution is 6.31. The van der Waals surface area contributed by atoms with Crippen molar-refractivity contribution in [3.05, 3.63) is 29.3 Å². The second-order valence-electron chi connectivity index (χ2n) is 4.54. The van der Waals surface area contributed by atoms with Crippen LogP contribution >= 0.6 is 11.6 Å². The molecule has 2 N–H and O–H groups in total. The molecule has 1 saturated carbocycles. The Bertz CT molecular complexity index is 564. The van der Waals surface area contributed by atoms with Gasteiger partial charge in [-0.25, -0.2) is 0 Å². The lowest BCUT2D eigenvalue weighted by Gasteiger charge is -2.07. The molecule has 0 amide bonds. The number of nitrogens with two attached hydrogens (primary N) is 1. The van der Waals surface area contributed by atoms with Gasteiger partial charge >= 0.3 is 0 Å². The first-order valence-corrected chi connectivity index (χ1v) is 6.24. The Morgan fingerprint density at radius 2 is 2.17 bits per heavy atom. The lowest BCUT2D eigenvalue weighted by molar-refractivity contribution is 0.300. The number of halogens is 1. The lowest BCUT2D eigenvalue weighted by Crippen LogP contribution is -1.98. The molecule has 18 heavy (non-hydrogen) atoms. The number of anilines is 1. The van der Waals surface area contributed by atoms with Crippen molar-refractivity contribution in [3.8, 4) is 17.0 Å². The maximum Gasteiger partial charge on any atom is 0.222 e. The predicted octanol–water partition coefficient (Wildman–Crippen LogP) is 3.37. The molecule has 4 nitrogen and oxygen atoms in total.